The van der Waals surface area contributed by atoms with Crippen LogP contribution in [0.4, 0.5) is 0 Å². The van der Waals surface area contributed by atoms with Gasteiger partial charge in [0.15, 0.2) is 5.54 Å². The Bertz CT molecular complexity index is 807. The number of benzene rings is 1. The summed E-state index contributed by atoms with van der Waals surface area (Å²) < 4.78 is 1.54. The number of aryl methyl sites for hydroxylation is 1. The zero-order chi connectivity index (χ0) is 18.1. The van der Waals surface area contributed by atoms with E-state index in [2.05, 4.69) is 17.2 Å². The van der Waals surface area contributed by atoms with E-state index in [1.54, 1.807) is 18.5 Å². The molecule has 2 aromatic rings. The lowest BCUT2D eigenvalue weighted by atomic mass is 9.82. The first-order valence-corrected chi connectivity index (χ1v) is 9.19. The average molecular weight is 353 g/mol. The molecule has 1 N–H and O–H groups in total. The molecule has 6 nitrogen and oxygen atoms in total. The SMILES string of the molecule is O=C([C@@H]1CCc2ccccc2C1)N1CCC(C(=O)O)(n2cccn2)CC1. The number of aliphatic carboxylic acids is 1. The molecule has 1 aliphatic heterocycles. The minimum Gasteiger partial charge on any atom is -0.479 e. The summed E-state index contributed by atoms with van der Waals surface area (Å²) in [5, 5.41) is 13.9. The molecule has 4 rings (SSSR count). The zero-order valence-electron chi connectivity index (χ0n) is 14.7. The Morgan fingerprint density at radius 1 is 1.12 bits per heavy atom. The molecule has 0 radical (unpaired) electrons. The number of carboxylic acids is 1. The van der Waals surface area contributed by atoms with E-state index in [0.717, 1.165) is 19.3 Å². The highest BCUT2D eigenvalue weighted by atomic mass is 16.4. The topological polar surface area (TPSA) is 75.4 Å². The first-order valence-electron chi connectivity index (χ1n) is 9.19. The summed E-state index contributed by atoms with van der Waals surface area (Å²) in [6.45, 7) is 0.923. The Labute approximate surface area is 152 Å². The van der Waals surface area contributed by atoms with Crippen LogP contribution in [0.15, 0.2) is 42.7 Å². The van der Waals surface area contributed by atoms with E-state index in [-0.39, 0.29) is 11.8 Å². The van der Waals surface area contributed by atoms with Crippen LogP contribution >= 0.6 is 0 Å². The van der Waals surface area contributed by atoms with Crippen LogP contribution in [-0.2, 0) is 28.0 Å². The van der Waals surface area contributed by atoms with Gasteiger partial charge in [0.2, 0.25) is 5.91 Å². The normalized spacial score (nSPS) is 21.8. The van der Waals surface area contributed by atoms with Crippen molar-refractivity contribution in [3.63, 3.8) is 0 Å². The van der Waals surface area contributed by atoms with Crippen molar-refractivity contribution < 1.29 is 14.7 Å². The van der Waals surface area contributed by atoms with E-state index >= 15 is 0 Å². The molecule has 26 heavy (non-hydrogen) atoms. The molecule has 2 heterocycles. The number of likely N-dealkylation sites (tertiary alicyclic amines) is 1. The number of hydrogen-bond acceptors (Lipinski definition) is 3. The Balaban J connectivity index is 1.45. The fourth-order valence-electron chi connectivity index (χ4n) is 4.33. The monoisotopic (exact) mass is 353 g/mol. The molecule has 1 saturated heterocycles. The summed E-state index contributed by atoms with van der Waals surface area (Å²) in [6, 6.07) is 10.1. The molecule has 0 saturated carbocycles. The molecule has 1 aromatic heterocycles. The first kappa shape index (κ1) is 16.8. The molecule has 0 spiro atoms. The predicted octanol–water partition coefficient (Wildman–Crippen LogP) is 2.09. The third-order valence-electron chi connectivity index (χ3n) is 5.94. The number of nitrogens with zero attached hydrogens (tertiary/aromatic N) is 3. The molecule has 2 aliphatic rings. The van der Waals surface area contributed by atoms with Crippen LogP contribution in [-0.4, -0.2) is 44.8 Å². The second kappa shape index (κ2) is 6.59. The fourth-order valence-corrected chi connectivity index (χ4v) is 4.33. The molecule has 1 aromatic carbocycles. The van der Waals surface area contributed by atoms with Gasteiger partial charge in [-0.2, -0.15) is 5.10 Å². The predicted molar refractivity (Wildman–Crippen MR) is 95.6 cm³/mol. The van der Waals surface area contributed by atoms with Crippen LogP contribution < -0.4 is 0 Å². The van der Waals surface area contributed by atoms with Gasteiger partial charge >= 0.3 is 5.97 Å². The zero-order valence-corrected chi connectivity index (χ0v) is 14.7. The van der Waals surface area contributed by atoms with Crippen LogP contribution in [0.5, 0.6) is 0 Å². The van der Waals surface area contributed by atoms with Gasteiger partial charge < -0.3 is 10.0 Å². The maximum atomic E-state index is 13.0. The second-order valence-corrected chi connectivity index (χ2v) is 7.32. The molecule has 1 amide bonds. The average Bonchev–Trinajstić information content (AvgIpc) is 3.22. The van der Waals surface area contributed by atoms with Crippen molar-refractivity contribution in [1.82, 2.24) is 14.7 Å². The summed E-state index contributed by atoms with van der Waals surface area (Å²) in [4.78, 5) is 26.8. The van der Waals surface area contributed by atoms with Crippen molar-refractivity contribution in [3.8, 4) is 0 Å². The number of fused-ring (bicyclic) bond motifs is 1. The summed E-state index contributed by atoms with van der Waals surface area (Å²) in [6.07, 6.45) is 6.67. The fraction of sp³-hybridized carbons (Fsp3) is 0.450. The van der Waals surface area contributed by atoms with Gasteiger partial charge in [-0.1, -0.05) is 24.3 Å². The summed E-state index contributed by atoms with van der Waals surface area (Å²) in [7, 11) is 0. The standard InChI is InChI=1S/C20H23N3O3/c24-18(17-7-6-15-4-1-2-5-16(15)14-17)22-12-8-20(9-13-22,19(25)26)23-11-3-10-21-23/h1-5,10-11,17H,6-9,12-14H2,(H,25,26)/t17-/m1/s1. The molecule has 6 heteroatoms. The van der Waals surface area contributed by atoms with Crippen LogP contribution in [0, 0.1) is 5.92 Å². The van der Waals surface area contributed by atoms with Gasteiger partial charge in [-0.3, -0.25) is 9.48 Å². The number of carbonyl (C=O) groups excluding carboxylic acids is 1. The molecular weight excluding hydrogens is 330 g/mol. The van der Waals surface area contributed by atoms with Gasteiger partial charge in [-0.25, -0.2) is 4.79 Å². The number of carbonyl (C=O) groups is 2. The van der Waals surface area contributed by atoms with Crippen molar-refractivity contribution in [2.45, 2.75) is 37.6 Å². The Morgan fingerprint density at radius 2 is 1.85 bits per heavy atom. The lowest BCUT2D eigenvalue weighted by molar-refractivity contribution is -0.154. The molecular formula is C20H23N3O3. The Morgan fingerprint density at radius 3 is 2.50 bits per heavy atom. The lowest BCUT2D eigenvalue weighted by Gasteiger charge is -2.40. The molecule has 0 bridgehead atoms. The van der Waals surface area contributed by atoms with E-state index in [0.29, 0.717) is 25.9 Å². The number of rotatable bonds is 3. The van der Waals surface area contributed by atoms with E-state index < -0.39 is 11.5 Å². The largest absolute Gasteiger partial charge is 0.479 e. The number of carboxylic acid groups (broad SMARTS) is 1. The number of aromatic nitrogens is 2. The van der Waals surface area contributed by atoms with Gasteiger partial charge in [-0.05, 0) is 36.5 Å². The number of hydrogen-bond donors (Lipinski definition) is 1. The summed E-state index contributed by atoms with van der Waals surface area (Å²) in [5.74, 6) is -0.703. The van der Waals surface area contributed by atoms with Crippen LogP contribution in [0.25, 0.3) is 0 Å². The van der Waals surface area contributed by atoms with Gasteiger partial charge in [0.05, 0.1) is 0 Å². The van der Waals surface area contributed by atoms with Gasteiger partial charge in [0, 0.05) is 44.2 Å². The maximum absolute atomic E-state index is 13.0. The highest BCUT2D eigenvalue weighted by Gasteiger charge is 2.45. The molecule has 1 atom stereocenters. The highest BCUT2D eigenvalue weighted by molar-refractivity contribution is 5.81. The van der Waals surface area contributed by atoms with Crippen LogP contribution in [0.2, 0.25) is 0 Å². The lowest BCUT2D eigenvalue weighted by Crippen LogP contribution is -2.53. The summed E-state index contributed by atoms with van der Waals surface area (Å²) >= 11 is 0. The molecule has 1 fully saturated rings. The quantitative estimate of drug-likeness (QED) is 0.917. The minimum absolute atomic E-state index is 0.00642. The van der Waals surface area contributed by atoms with Crippen molar-refractivity contribution in [2.75, 3.05) is 13.1 Å². The number of piperidine rings is 1. The second-order valence-electron chi connectivity index (χ2n) is 7.32. The van der Waals surface area contributed by atoms with Crippen molar-refractivity contribution in [1.29, 1.82) is 0 Å². The van der Waals surface area contributed by atoms with Gasteiger partial charge in [0.25, 0.3) is 0 Å². The van der Waals surface area contributed by atoms with Crippen LogP contribution in [0.3, 0.4) is 0 Å². The van der Waals surface area contributed by atoms with Crippen LogP contribution in [0.1, 0.15) is 30.4 Å². The highest BCUT2D eigenvalue weighted by Crippen LogP contribution is 2.32. The third-order valence-corrected chi connectivity index (χ3v) is 5.94. The molecule has 0 unspecified atom stereocenters. The Kier molecular flexibility index (Phi) is 4.26. The third kappa shape index (κ3) is 2.79. The molecule has 1 aliphatic carbocycles. The molecule has 136 valence electrons. The van der Waals surface area contributed by atoms with E-state index in [1.165, 1.54) is 15.8 Å². The first-order chi connectivity index (χ1) is 12.6. The van der Waals surface area contributed by atoms with Crippen molar-refractivity contribution in [2.24, 2.45) is 5.92 Å². The van der Waals surface area contributed by atoms with E-state index in [1.807, 2.05) is 17.0 Å². The van der Waals surface area contributed by atoms with Gasteiger partial charge in [0.1, 0.15) is 0 Å². The minimum atomic E-state index is -1.04. The van der Waals surface area contributed by atoms with Crippen molar-refractivity contribution >= 4 is 11.9 Å². The van der Waals surface area contributed by atoms with Crippen molar-refractivity contribution in [3.05, 3.63) is 53.9 Å². The Hall–Kier alpha value is -2.63. The van der Waals surface area contributed by atoms with Gasteiger partial charge in [-0.15, -0.1) is 0 Å². The smallest absolute Gasteiger partial charge is 0.331 e. The maximum Gasteiger partial charge on any atom is 0.331 e. The van der Waals surface area contributed by atoms with E-state index in [4.69, 9.17) is 0 Å². The van der Waals surface area contributed by atoms with E-state index in [9.17, 15) is 14.7 Å². The summed E-state index contributed by atoms with van der Waals surface area (Å²) in [5.41, 5.74) is 1.57. The number of amides is 1.